The molecule has 3 heteroatoms. The summed E-state index contributed by atoms with van der Waals surface area (Å²) >= 11 is 0. The van der Waals surface area contributed by atoms with E-state index >= 15 is 0 Å². The number of rotatable bonds is 4. The highest BCUT2D eigenvalue weighted by atomic mass is 15.1. The molecule has 0 bridgehead atoms. The molecule has 1 aromatic rings. The van der Waals surface area contributed by atoms with Crippen molar-refractivity contribution in [1.82, 2.24) is 14.9 Å². The minimum absolute atomic E-state index is 0.624. The summed E-state index contributed by atoms with van der Waals surface area (Å²) in [6, 6.07) is 0. The summed E-state index contributed by atoms with van der Waals surface area (Å²) in [5, 5.41) is 3.41. The van der Waals surface area contributed by atoms with E-state index in [1.54, 1.807) is 0 Å². The zero-order valence-electron chi connectivity index (χ0n) is 11.1. The number of nitrogens with one attached hydrogen (secondary N) is 1. The predicted octanol–water partition coefficient (Wildman–Crippen LogP) is 2.42. The molecule has 0 spiro atoms. The fraction of sp³-hybridized carbons (Fsp3) is 0.786. The van der Waals surface area contributed by atoms with E-state index in [0.717, 1.165) is 19.5 Å². The van der Waals surface area contributed by atoms with E-state index in [9.17, 15) is 0 Å². The van der Waals surface area contributed by atoms with Crippen LogP contribution in [-0.2, 0) is 19.5 Å². The van der Waals surface area contributed by atoms with E-state index < -0.39 is 0 Å². The van der Waals surface area contributed by atoms with Gasteiger partial charge in [-0.25, -0.2) is 4.98 Å². The summed E-state index contributed by atoms with van der Waals surface area (Å²) in [5.41, 5.74) is 3.42. The fourth-order valence-corrected chi connectivity index (χ4v) is 3.25. The van der Waals surface area contributed by atoms with E-state index in [4.69, 9.17) is 4.98 Å². The van der Waals surface area contributed by atoms with Gasteiger partial charge < -0.3 is 9.88 Å². The smallest absolute Gasteiger partial charge is 0.106 e. The zero-order valence-corrected chi connectivity index (χ0v) is 11.1. The number of nitrogens with zero attached hydrogens (tertiary/aromatic N) is 2. The van der Waals surface area contributed by atoms with Crippen LogP contribution in [0.25, 0.3) is 0 Å². The average Bonchev–Trinajstić information content (AvgIpc) is 3.00. The first kappa shape index (κ1) is 11.3. The Labute approximate surface area is 104 Å². The lowest BCUT2D eigenvalue weighted by molar-refractivity contribution is 0.376. The van der Waals surface area contributed by atoms with Crippen LogP contribution in [0.2, 0.25) is 0 Å². The Hall–Kier alpha value is -0.830. The van der Waals surface area contributed by atoms with Gasteiger partial charge in [0.15, 0.2) is 0 Å². The van der Waals surface area contributed by atoms with Gasteiger partial charge in [0.1, 0.15) is 5.82 Å². The zero-order chi connectivity index (χ0) is 11.9. The van der Waals surface area contributed by atoms with Gasteiger partial charge in [-0.3, -0.25) is 0 Å². The minimum atomic E-state index is 0.624. The highest BCUT2D eigenvalue weighted by molar-refractivity contribution is 5.20. The Morgan fingerprint density at radius 1 is 1.41 bits per heavy atom. The lowest BCUT2D eigenvalue weighted by Crippen LogP contribution is -2.26. The molecular weight excluding hydrogens is 210 g/mol. The van der Waals surface area contributed by atoms with Crippen molar-refractivity contribution in [3.63, 3.8) is 0 Å². The fourth-order valence-electron chi connectivity index (χ4n) is 3.25. The molecule has 1 aliphatic carbocycles. The van der Waals surface area contributed by atoms with E-state index in [-0.39, 0.29) is 0 Å². The summed E-state index contributed by atoms with van der Waals surface area (Å²) < 4.78 is 2.51. The van der Waals surface area contributed by atoms with Gasteiger partial charge >= 0.3 is 0 Å². The first-order valence-corrected chi connectivity index (χ1v) is 7.00. The highest BCUT2D eigenvalue weighted by Gasteiger charge is 2.42. The Bertz CT molecular complexity index is 415. The maximum Gasteiger partial charge on any atom is 0.106 e. The van der Waals surface area contributed by atoms with E-state index in [0.29, 0.717) is 5.41 Å². The highest BCUT2D eigenvalue weighted by Crippen LogP contribution is 2.51. The SMILES string of the molecule is CCCC1(Cn2c(C)nc3c2CCNC3)CC1. The summed E-state index contributed by atoms with van der Waals surface area (Å²) in [6.07, 6.45) is 6.70. The van der Waals surface area contributed by atoms with Gasteiger partial charge in [0.25, 0.3) is 0 Å². The summed E-state index contributed by atoms with van der Waals surface area (Å²) in [4.78, 5) is 4.72. The van der Waals surface area contributed by atoms with Crippen LogP contribution in [0.4, 0.5) is 0 Å². The summed E-state index contributed by atoms with van der Waals surface area (Å²) in [6.45, 7) is 7.76. The lowest BCUT2D eigenvalue weighted by atomic mass is 10.0. The second-order valence-corrected chi connectivity index (χ2v) is 5.82. The van der Waals surface area contributed by atoms with Crippen molar-refractivity contribution in [1.29, 1.82) is 0 Å². The molecule has 0 aromatic carbocycles. The van der Waals surface area contributed by atoms with Crippen molar-refractivity contribution in [2.45, 2.75) is 59.0 Å². The molecule has 0 amide bonds. The molecule has 1 saturated carbocycles. The van der Waals surface area contributed by atoms with E-state index in [1.807, 2.05) is 0 Å². The van der Waals surface area contributed by atoms with Crippen molar-refractivity contribution >= 4 is 0 Å². The van der Waals surface area contributed by atoms with Gasteiger partial charge in [-0.15, -0.1) is 0 Å². The number of hydrogen-bond donors (Lipinski definition) is 1. The van der Waals surface area contributed by atoms with Gasteiger partial charge in [-0.2, -0.15) is 0 Å². The van der Waals surface area contributed by atoms with Crippen LogP contribution in [0.1, 0.15) is 49.8 Å². The molecule has 2 heterocycles. The van der Waals surface area contributed by atoms with Crippen molar-refractivity contribution < 1.29 is 0 Å². The molecule has 0 radical (unpaired) electrons. The van der Waals surface area contributed by atoms with Gasteiger partial charge in [-0.05, 0) is 31.6 Å². The molecule has 1 aliphatic heterocycles. The second kappa shape index (κ2) is 4.13. The third kappa shape index (κ3) is 2.01. The van der Waals surface area contributed by atoms with Crippen molar-refractivity contribution in [3.8, 4) is 0 Å². The van der Waals surface area contributed by atoms with Crippen LogP contribution in [0.5, 0.6) is 0 Å². The molecular formula is C14H23N3. The number of hydrogen-bond acceptors (Lipinski definition) is 2. The lowest BCUT2D eigenvalue weighted by Gasteiger charge is -2.20. The summed E-state index contributed by atoms with van der Waals surface area (Å²) in [7, 11) is 0. The number of aryl methyl sites for hydroxylation is 1. The molecule has 0 unspecified atom stereocenters. The van der Waals surface area contributed by atoms with Gasteiger partial charge in [0.05, 0.1) is 5.69 Å². The second-order valence-electron chi connectivity index (χ2n) is 5.82. The summed E-state index contributed by atoms with van der Waals surface area (Å²) in [5.74, 6) is 1.22. The number of fused-ring (bicyclic) bond motifs is 1. The largest absolute Gasteiger partial charge is 0.331 e. The van der Waals surface area contributed by atoms with E-state index in [2.05, 4.69) is 23.7 Å². The van der Waals surface area contributed by atoms with Crippen LogP contribution in [0.3, 0.4) is 0 Å². The molecule has 17 heavy (non-hydrogen) atoms. The Kier molecular flexibility index (Phi) is 2.74. The van der Waals surface area contributed by atoms with Crippen LogP contribution in [0.15, 0.2) is 0 Å². The van der Waals surface area contributed by atoms with E-state index in [1.165, 1.54) is 49.4 Å². The number of imidazole rings is 1. The Morgan fingerprint density at radius 3 is 2.94 bits per heavy atom. The molecule has 1 N–H and O–H groups in total. The van der Waals surface area contributed by atoms with Crippen LogP contribution in [0, 0.1) is 12.3 Å². The maximum atomic E-state index is 4.72. The molecule has 0 saturated heterocycles. The Balaban J connectivity index is 1.85. The van der Waals surface area contributed by atoms with Crippen LogP contribution >= 0.6 is 0 Å². The Morgan fingerprint density at radius 2 is 2.24 bits per heavy atom. The van der Waals surface area contributed by atoms with Crippen LogP contribution < -0.4 is 5.32 Å². The normalized spacial score (nSPS) is 21.3. The van der Waals surface area contributed by atoms with Crippen molar-refractivity contribution in [3.05, 3.63) is 17.2 Å². The number of aromatic nitrogens is 2. The molecule has 3 nitrogen and oxygen atoms in total. The first-order chi connectivity index (χ1) is 8.24. The average molecular weight is 233 g/mol. The molecule has 2 aliphatic rings. The van der Waals surface area contributed by atoms with Gasteiger partial charge in [-0.1, -0.05) is 13.3 Å². The molecule has 1 fully saturated rings. The molecule has 1 aromatic heterocycles. The van der Waals surface area contributed by atoms with Crippen LogP contribution in [-0.4, -0.2) is 16.1 Å². The maximum absolute atomic E-state index is 4.72. The van der Waals surface area contributed by atoms with Crippen molar-refractivity contribution in [2.75, 3.05) is 6.54 Å². The third-order valence-electron chi connectivity index (χ3n) is 4.41. The minimum Gasteiger partial charge on any atom is -0.331 e. The van der Waals surface area contributed by atoms with Gasteiger partial charge in [0.2, 0.25) is 0 Å². The topological polar surface area (TPSA) is 29.9 Å². The third-order valence-corrected chi connectivity index (χ3v) is 4.41. The monoisotopic (exact) mass is 233 g/mol. The molecule has 94 valence electrons. The van der Waals surface area contributed by atoms with Gasteiger partial charge in [0, 0.05) is 31.7 Å². The predicted molar refractivity (Wildman–Crippen MR) is 68.9 cm³/mol. The van der Waals surface area contributed by atoms with Crippen molar-refractivity contribution in [2.24, 2.45) is 5.41 Å². The standard InChI is InChI=1S/C14H23N3/c1-3-5-14(6-7-14)10-17-11(2)16-12-9-15-8-4-13(12)17/h15H,3-10H2,1-2H3. The quantitative estimate of drug-likeness (QED) is 0.865. The molecule has 3 rings (SSSR count). The molecule has 0 atom stereocenters. The first-order valence-electron chi connectivity index (χ1n) is 7.00.